The van der Waals surface area contributed by atoms with Gasteiger partial charge in [0.15, 0.2) is 0 Å². The highest BCUT2D eigenvalue weighted by Gasteiger charge is 2.26. The zero-order chi connectivity index (χ0) is 16.4. The van der Waals surface area contributed by atoms with Crippen molar-refractivity contribution in [1.82, 2.24) is 30.0 Å². The van der Waals surface area contributed by atoms with E-state index in [1.807, 2.05) is 29.2 Å². The number of rotatable bonds is 4. The first-order chi connectivity index (χ1) is 11.8. The van der Waals surface area contributed by atoms with Crippen LogP contribution in [0.2, 0.25) is 0 Å². The lowest BCUT2D eigenvalue weighted by atomic mass is 10.1. The average molecular weight is 326 g/mol. The fraction of sp³-hybridized carbons (Fsp3) is 0.529. The van der Waals surface area contributed by atoms with E-state index in [9.17, 15) is 4.79 Å². The molecule has 1 aromatic heterocycles. The molecule has 2 aliphatic rings. The van der Waals surface area contributed by atoms with E-state index in [0.29, 0.717) is 5.56 Å². The molecule has 0 spiro atoms. The van der Waals surface area contributed by atoms with Crippen molar-refractivity contribution in [3.05, 3.63) is 36.2 Å². The van der Waals surface area contributed by atoms with Gasteiger partial charge in [-0.25, -0.2) is 4.68 Å². The molecule has 0 N–H and O–H groups in total. The Morgan fingerprint density at radius 3 is 2.88 bits per heavy atom. The largest absolute Gasteiger partial charge is 0.337 e. The molecule has 2 fully saturated rings. The molecule has 1 amide bonds. The van der Waals surface area contributed by atoms with E-state index in [-0.39, 0.29) is 5.91 Å². The Morgan fingerprint density at radius 1 is 1.17 bits per heavy atom. The van der Waals surface area contributed by atoms with Crippen molar-refractivity contribution in [1.29, 1.82) is 0 Å². The molecule has 0 bridgehead atoms. The standard InChI is InChI=1S/C17H22N6O/c24-17(15-3-1-4-16(11-15)23-13-18-19-20-23)22-8-2-7-21(9-10-22)12-14-5-6-14/h1,3-4,11,13-14H,2,5-10,12H2. The van der Waals surface area contributed by atoms with E-state index < -0.39 is 0 Å². The van der Waals surface area contributed by atoms with Crippen molar-refractivity contribution in [2.24, 2.45) is 5.92 Å². The second-order valence-corrected chi connectivity index (χ2v) is 6.69. The zero-order valence-corrected chi connectivity index (χ0v) is 13.7. The third kappa shape index (κ3) is 3.46. The maximum absolute atomic E-state index is 12.9. The van der Waals surface area contributed by atoms with E-state index in [1.165, 1.54) is 25.7 Å². The highest BCUT2D eigenvalue weighted by molar-refractivity contribution is 5.94. The molecule has 4 rings (SSSR count). The monoisotopic (exact) mass is 326 g/mol. The second kappa shape index (κ2) is 6.68. The molecule has 1 saturated carbocycles. The Bertz CT molecular complexity index is 697. The van der Waals surface area contributed by atoms with Gasteiger partial charge in [0.2, 0.25) is 0 Å². The van der Waals surface area contributed by atoms with Gasteiger partial charge >= 0.3 is 0 Å². The predicted molar refractivity (Wildman–Crippen MR) is 88.8 cm³/mol. The third-order valence-corrected chi connectivity index (χ3v) is 4.80. The number of hydrogen-bond donors (Lipinski definition) is 0. The van der Waals surface area contributed by atoms with Crippen LogP contribution in [0.15, 0.2) is 30.6 Å². The van der Waals surface area contributed by atoms with Crippen LogP contribution in [0.3, 0.4) is 0 Å². The summed E-state index contributed by atoms with van der Waals surface area (Å²) in [5, 5.41) is 11.2. The molecule has 2 heterocycles. The topological polar surface area (TPSA) is 67.2 Å². The van der Waals surface area contributed by atoms with Gasteiger partial charge in [-0.2, -0.15) is 0 Å². The first kappa shape index (κ1) is 15.3. The van der Waals surface area contributed by atoms with Crippen LogP contribution in [0, 0.1) is 5.92 Å². The van der Waals surface area contributed by atoms with Gasteiger partial charge in [-0.05, 0) is 60.4 Å². The maximum Gasteiger partial charge on any atom is 0.253 e. The molecule has 24 heavy (non-hydrogen) atoms. The number of hydrogen-bond acceptors (Lipinski definition) is 5. The van der Waals surface area contributed by atoms with E-state index in [2.05, 4.69) is 20.4 Å². The SMILES string of the molecule is O=C(c1cccc(-n2cnnn2)c1)N1CCCN(CC2CC2)CC1. The lowest BCUT2D eigenvalue weighted by molar-refractivity contribution is 0.0761. The molecule has 7 heteroatoms. The quantitative estimate of drug-likeness (QED) is 0.845. The van der Waals surface area contributed by atoms with E-state index >= 15 is 0 Å². The van der Waals surface area contributed by atoms with E-state index in [4.69, 9.17) is 0 Å². The summed E-state index contributed by atoms with van der Waals surface area (Å²) < 4.78 is 1.57. The first-order valence-electron chi connectivity index (χ1n) is 8.64. The molecular formula is C17H22N6O. The van der Waals surface area contributed by atoms with Crippen LogP contribution < -0.4 is 0 Å². The number of benzene rings is 1. The summed E-state index contributed by atoms with van der Waals surface area (Å²) in [7, 11) is 0. The van der Waals surface area contributed by atoms with Crippen molar-refractivity contribution in [3.63, 3.8) is 0 Å². The second-order valence-electron chi connectivity index (χ2n) is 6.69. The fourth-order valence-corrected chi connectivity index (χ4v) is 3.27. The molecule has 1 aromatic carbocycles. The van der Waals surface area contributed by atoms with Crippen molar-refractivity contribution < 1.29 is 4.79 Å². The molecule has 1 aliphatic heterocycles. The zero-order valence-electron chi connectivity index (χ0n) is 13.7. The molecule has 1 aliphatic carbocycles. The number of aromatic nitrogens is 4. The number of carbonyl (C=O) groups is 1. The van der Waals surface area contributed by atoms with Crippen molar-refractivity contribution in [3.8, 4) is 5.69 Å². The number of nitrogens with zero attached hydrogens (tertiary/aromatic N) is 6. The summed E-state index contributed by atoms with van der Waals surface area (Å²) in [6, 6.07) is 7.49. The van der Waals surface area contributed by atoms with Crippen LogP contribution in [-0.2, 0) is 0 Å². The normalized spacial score (nSPS) is 19.2. The van der Waals surface area contributed by atoms with Crippen molar-refractivity contribution in [2.45, 2.75) is 19.3 Å². The third-order valence-electron chi connectivity index (χ3n) is 4.80. The molecule has 126 valence electrons. The Labute approximate surface area is 141 Å². The summed E-state index contributed by atoms with van der Waals surface area (Å²) in [6.07, 6.45) is 5.34. The Hall–Kier alpha value is -2.28. The maximum atomic E-state index is 12.9. The lowest BCUT2D eigenvalue weighted by Crippen LogP contribution is -2.35. The van der Waals surface area contributed by atoms with Crippen LogP contribution >= 0.6 is 0 Å². The number of tetrazole rings is 1. The molecule has 2 aromatic rings. The molecule has 7 nitrogen and oxygen atoms in total. The summed E-state index contributed by atoms with van der Waals surface area (Å²) in [4.78, 5) is 17.4. The van der Waals surface area contributed by atoms with Crippen molar-refractivity contribution >= 4 is 5.91 Å². The van der Waals surface area contributed by atoms with Crippen LogP contribution in [0.1, 0.15) is 29.6 Å². The summed E-state index contributed by atoms with van der Waals surface area (Å²) >= 11 is 0. The summed E-state index contributed by atoms with van der Waals surface area (Å²) in [5.41, 5.74) is 1.50. The van der Waals surface area contributed by atoms with Crippen LogP contribution in [-0.4, -0.2) is 68.6 Å². The van der Waals surface area contributed by atoms with Gasteiger partial charge in [-0.15, -0.1) is 5.10 Å². The minimum atomic E-state index is 0.0956. The average Bonchev–Trinajstić information content (AvgIpc) is 3.32. The molecule has 0 unspecified atom stereocenters. The fourth-order valence-electron chi connectivity index (χ4n) is 3.27. The van der Waals surface area contributed by atoms with Gasteiger partial charge in [0.1, 0.15) is 6.33 Å². The molecular weight excluding hydrogens is 304 g/mol. The number of carbonyl (C=O) groups excluding carboxylic acids is 1. The van der Waals surface area contributed by atoms with Gasteiger partial charge in [0.25, 0.3) is 5.91 Å². The molecule has 0 atom stereocenters. The van der Waals surface area contributed by atoms with Crippen LogP contribution in [0.5, 0.6) is 0 Å². The highest BCUT2D eigenvalue weighted by Crippen LogP contribution is 2.30. The van der Waals surface area contributed by atoms with Crippen LogP contribution in [0.25, 0.3) is 5.69 Å². The van der Waals surface area contributed by atoms with Crippen molar-refractivity contribution in [2.75, 3.05) is 32.7 Å². The Kier molecular flexibility index (Phi) is 4.25. The summed E-state index contributed by atoms with van der Waals surface area (Å²) in [6.45, 7) is 4.92. The van der Waals surface area contributed by atoms with Gasteiger partial charge in [-0.3, -0.25) is 4.79 Å². The van der Waals surface area contributed by atoms with Gasteiger partial charge in [0, 0.05) is 31.7 Å². The number of amides is 1. The molecule has 0 radical (unpaired) electrons. The van der Waals surface area contributed by atoms with E-state index in [1.54, 1.807) is 4.68 Å². The highest BCUT2D eigenvalue weighted by atomic mass is 16.2. The smallest absolute Gasteiger partial charge is 0.253 e. The Balaban J connectivity index is 1.44. The van der Waals surface area contributed by atoms with Gasteiger partial charge < -0.3 is 9.80 Å². The first-order valence-corrected chi connectivity index (χ1v) is 8.64. The molecule has 1 saturated heterocycles. The minimum absolute atomic E-state index is 0.0956. The van der Waals surface area contributed by atoms with Gasteiger partial charge in [-0.1, -0.05) is 6.07 Å². The summed E-state index contributed by atoms with van der Waals surface area (Å²) in [5.74, 6) is 0.999. The van der Waals surface area contributed by atoms with Crippen LogP contribution in [0.4, 0.5) is 0 Å². The van der Waals surface area contributed by atoms with E-state index in [0.717, 1.165) is 44.2 Å². The lowest BCUT2D eigenvalue weighted by Gasteiger charge is -2.22. The Morgan fingerprint density at radius 2 is 2.08 bits per heavy atom. The predicted octanol–water partition coefficient (Wildman–Crippen LogP) is 1.22. The minimum Gasteiger partial charge on any atom is -0.337 e. The van der Waals surface area contributed by atoms with Gasteiger partial charge in [0.05, 0.1) is 5.69 Å².